The Morgan fingerprint density at radius 2 is 2.19 bits per heavy atom. The molecule has 0 saturated carbocycles. The third-order valence-corrected chi connectivity index (χ3v) is 3.73. The second kappa shape index (κ2) is 6.67. The number of hydrogen-bond acceptors (Lipinski definition) is 4. The van der Waals surface area contributed by atoms with Gasteiger partial charge in [-0.15, -0.1) is 0 Å². The van der Waals surface area contributed by atoms with E-state index in [-0.39, 0.29) is 18.1 Å². The molecule has 1 aromatic rings. The van der Waals surface area contributed by atoms with E-state index in [1.807, 2.05) is 20.8 Å². The van der Waals surface area contributed by atoms with Gasteiger partial charge in [0.15, 0.2) is 0 Å². The smallest absolute Gasteiger partial charge is 0.124 e. The van der Waals surface area contributed by atoms with E-state index in [0.717, 1.165) is 30.0 Å². The first-order chi connectivity index (χ1) is 9.95. The molecule has 0 aromatic heterocycles. The van der Waals surface area contributed by atoms with Crippen molar-refractivity contribution in [2.75, 3.05) is 19.8 Å². The largest absolute Gasteiger partial charge is 0.494 e. The highest BCUT2D eigenvalue weighted by molar-refractivity contribution is 5.48. The van der Waals surface area contributed by atoms with E-state index in [2.05, 4.69) is 24.4 Å². The van der Waals surface area contributed by atoms with Crippen molar-refractivity contribution in [2.24, 2.45) is 5.41 Å². The highest BCUT2D eigenvalue weighted by atomic mass is 16.5. The number of fused-ring (bicyclic) bond motifs is 1. The molecule has 0 radical (unpaired) electrons. The second-order valence-corrected chi connectivity index (χ2v) is 6.56. The molecule has 1 atom stereocenters. The number of ether oxygens (including phenoxy) is 2. The predicted molar refractivity (Wildman–Crippen MR) is 84.0 cm³/mol. The van der Waals surface area contributed by atoms with Crippen LogP contribution in [0.25, 0.3) is 0 Å². The predicted octanol–water partition coefficient (Wildman–Crippen LogP) is 2.52. The van der Waals surface area contributed by atoms with Crippen LogP contribution in [0.3, 0.4) is 0 Å². The van der Waals surface area contributed by atoms with Gasteiger partial charge in [-0.05, 0) is 26.0 Å². The lowest BCUT2D eigenvalue weighted by Gasteiger charge is -2.22. The van der Waals surface area contributed by atoms with E-state index in [9.17, 15) is 5.11 Å². The number of hydrogen-bond donors (Lipinski definition) is 2. The number of rotatable bonds is 7. The summed E-state index contributed by atoms with van der Waals surface area (Å²) < 4.78 is 11.6. The second-order valence-electron chi connectivity index (χ2n) is 6.56. The van der Waals surface area contributed by atoms with Crippen molar-refractivity contribution in [3.05, 3.63) is 23.3 Å². The van der Waals surface area contributed by atoms with Gasteiger partial charge in [-0.25, -0.2) is 0 Å². The zero-order chi connectivity index (χ0) is 15.5. The normalized spacial score (nSPS) is 17.5. The van der Waals surface area contributed by atoms with Crippen LogP contribution in [0.2, 0.25) is 0 Å². The van der Waals surface area contributed by atoms with Crippen LogP contribution in [0.15, 0.2) is 12.1 Å². The van der Waals surface area contributed by atoms with E-state index in [1.54, 1.807) is 0 Å². The molecule has 0 aliphatic carbocycles. The van der Waals surface area contributed by atoms with Crippen LogP contribution in [-0.4, -0.2) is 31.0 Å². The van der Waals surface area contributed by atoms with Crippen LogP contribution in [0.4, 0.5) is 0 Å². The maximum atomic E-state index is 9.30. The Labute approximate surface area is 127 Å². The fraction of sp³-hybridized carbons (Fsp3) is 0.647. The van der Waals surface area contributed by atoms with Gasteiger partial charge < -0.3 is 19.9 Å². The van der Waals surface area contributed by atoms with Crippen LogP contribution in [0, 0.1) is 5.41 Å². The molecule has 1 aliphatic heterocycles. The Bertz CT molecular complexity index is 485. The van der Waals surface area contributed by atoms with Crippen LogP contribution >= 0.6 is 0 Å². The van der Waals surface area contributed by atoms with Gasteiger partial charge in [-0.2, -0.15) is 0 Å². The number of nitrogens with one attached hydrogen (secondary N) is 1. The molecule has 2 N–H and O–H groups in total. The molecule has 2 rings (SSSR count). The average Bonchev–Trinajstić information content (AvgIpc) is 2.78. The molecule has 0 amide bonds. The topological polar surface area (TPSA) is 50.7 Å². The zero-order valence-electron chi connectivity index (χ0n) is 13.5. The molecule has 21 heavy (non-hydrogen) atoms. The summed E-state index contributed by atoms with van der Waals surface area (Å²) in [4.78, 5) is 0. The quantitative estimate of drug-likeness (QED) is 0.811. The molecule has 1 heterocycles. The van der Waals surface area contributed by atoms with Gasteiger partial charge >= 0.3 is 0 Å². The minimum atomic E-state index is -0.118. The lowest BCUT2D eigenvalue weighted by atomic mass is 9.95. The summed E-state index contributed by atoms with van der Waals surface area (Å²) in [6.07, 6.45) is 1.19. The molecular formula is C17H27NO3. The van der Waals surface area contributed by atoms with Crippen LogP contribution in [0.1, 0.15) is 38.8 Å². The fourth-order valence-electron chi connectivity index (χ4n) is 2.50. The van der Waals surface area contributed by atoms with E-state index in [0.29, 0.717) is 13.2 Å². The van der Waals surface area contributed by atoms with E-state index < -0.39 is 0 Å². The summed E-state index contributed by atoms with van der Waals surface area (Å²) in [5.41, 5.74) is 2.22. The Morgan fingerprint density at radius 3 is 2.86 bits per heavy atom. The Balaban J connectivity index is 2.09. The van der Waals surface area contributed by atoms with Crippen molar-refractivity contribution >= 4 is 0 Å². The standard InChI is InChI=1S/C17H27NO3/c1-5-20-15-7-13-6-12(2)21-16(13)8-14(15)9-18-10-17(3,4)11-19/h7-8,12,18-19H,5-6,9-11H2,1-4H3. The fourth-order valence-corrected chi connectivity index (χ4v) is 2.50. The van der Waals surface area contributed by atoms with Crippen molar-refractivity contribution in [3.8, 4) is 11.5 Å². The first kappa shape index (κ1) is 16.1. The molecule has 0 fully saturated rings. The molecule has 118 valence electrons. The van der Waals surface area contributed by atoms with Crippen molar-refractivity contribution in [1.82, 2.24) is 5.32 Å². The summed E-state index contributed by atoms with van der Waals surface area (Å²) in [6, 6.07) is 4.19. The summed E-state index contributed by atoms with van der Waals surface area (Å²) in [7, 11) is 0. The van der Waals surface area contributed by atoms with Crippen molar-refractivity contribution < 1.29 is 14.6 Å². The summed E-state index contributed by atoms with van der Waals surface area (Å²) in [6.45, 7) is 10.5. The summed E-state index contributed by atoms with van der Waals surface area (Å²) in [5.74, 6) is 1.91. The Morgan fingerprint density at radius 1 is 1.43 bits per heavy atom. The molecule has 1 aliphatic rings. The lowest BCUT2D eigenvalue weighted by Crippen LogP contribution is -2.32. The molecule has 0 saturated heterocycles. The van der Waals surface area contributed by atoms with Crippen molar-refractivity contribution in [2.45, 2.75) is 46.8 Å². The minimum absolute atomic E-state index is 0.118. The summed E-state index contributed by atoms with van der Waals surface area (Å²) >= 11 is 0. The third-order valence-electron chi connectivity index (χ3n) is 3.73. The Kier molecular flexibility index (Phi) is 5.12. The number of aliphatic hydroxyl groups excluding tert-OH is 1. The maximum absolute atomic E-state index is 9.30. The van der Waals surface area contributed by atoms with E-state index in [4.69, 9.17) is 9.47 Å². The molecule has 1 unspecified atom stereocenters. The van der Waals surface area contributed by atoms with E-state index >= 15 is 0 Å². The highest BCUT2D eigenvalue weighted by Crippen LogP contribution is 2.35. The van der Waals surface area contributed by atoms with Gasteiger partial charge in [0, 0.05) is 42.7 Å². The molecule has 1 aromatic carbocycles. The zero-order valence-corrected chi connectivity index (χ0v) is 13.5. The van der Waals surface area contributed by atoms with Gasteiger partial charge in [-0.1, -0.05) is 13.8 Å². The van der Waals surface area contributed by atoms with Gasteiger partial charge in [0.05, 0.1) is 6.61 Å². The van der Waals surface area contributed by atoms with Gasteiger partial charge in [-0.3, -0.25) is 0 Å². The first-order valence-electron chi connectivity index (χ1n) is 7.72. The average molecular weight is 293 g/mol. The third kappa shape index (κ3) is 4.11. The SMILES string of the molecule is CCOc1cc2c(cc1CNCC(C)(C)CO)OC(C)C2. The molecule has 0 bridgehead atoms. The van der Waals surface area contributed by atoms with E-state index in [1.165, 1.54) is 5.56 Å². The monoisotopic (exact) mass is 293 g/mol. The molecule has 0 spiro atoms. The minimum Gasteiger partial charge on any atom is -0.494 e. The van der Waals surface area contributed by atoms with Gasteiger partial charge in [0.2, 0.25) is 0 Å². The van der Waals surface area contributed by atoms with Crippen molar-refractivity contribution in [3.63, 3.8) is 0 Å². The molecular weight excluding hydrogens is 266 g/mol. The molecule has 4 heteroatoms. The number of aliphatic hydroxyl groups is 1. The first-order valence-corrected chi connectivity index (χ1v) is 7.72. The van der Waals surface area contributed by atoms with Crippen molar-refractivity contribution in [1.29, 1.82) is 0 Å². The molecule has 4 nitrogen and oxygen atoms in total. The maximum Gasteiger partial charge on any atom is 0.124 e. The lowest BCUT2D eigenvalue weighted by molar-refractivity contribution is 0.156. The summed E-state index contributed by atoms with van der Waals surface area (Å²) in [5, 5.41) is 12.7. The van der Waals surface area contributed by atoms with Gasteiger partial charge in [0.1, 0.15) is 17.6 Å². The Hall–Kier alpha value is -1.26. The number of benzene rings is 1. The van der Waals surface area contributed by atoms with Crippen LogP contribution < -0.4 is 14.8 Å². The highest BCUT2D eigenvalue weighted by Gasteiger charge is 2.22. The van der Waals surface area contributed by atoms with Gasteiger partial charge in [0.25, 0.3) is 0 Å². The van der Waals surface area contributed by atoms with Crippen LogP contribution in [-0.2, 0) is 13.0 Å². The van der Waals surface area contributed by atoms with Crippen LogP contribution in [0.5, 0.6) is 11.5 Å².